The first-order chi connectivity index (χ1) is 9.54. The number of hydrogen-bond acceptors (Lipinski definition) is 4. The molecule has 0 saturated heterocycles. The minimum atomic E-state index is -1.02. The first-order valence-corrected chi connectivity index (χ1v) is 6.65. The number of rotatable bonds is 8. The van der Waals surface area contributed by atoms with Crippen LogP contribution in [-0.4, -0.2) is 44.7 Å². The van der Waals surface area contributed by atoms with Gasteiger partial charge in [-0.2, -0.15) is 0 Å². The number of carboxylic acid groups (broad SMARTS) is 1. The summed E-state index contributed by atoms with van der Waals surface area (Å²) in [5.41, 5.74) is 0. The number of carbonyl (C=O) groups excluding carboxylic acids is 1. The average molecular weight is 283 g/mol. The lowest BCUT2D eigenvalue weighted by Gasteiger charge is -2.20. The Labute approximate surface area is 117 Å². The molecule has 3 N–H and O–H groups in total. The van der Waals surface area contributed by atoms with E-state index in [0.717, 1.165) is 0 Å². The minimum Gasteiger partial charge on any atom is -0.480 e. The van der Waals surface area contributed by atoms with Gasteiger partial charge in [0.2, 0.25) is 0 Å². The number of aliphatic carboxylic acids is 1. The van der Waals surface area contributed by atoms with E-state index in [0.29, 0.717) is 25.9 Å². The lowest BCUT2D eigenvalue weighted by atomic mass is 9.99. The van der Waals surface area contributed by atoms with Gasteiger partial charge in [-0.25, -0.2) is 9.59 Å². The van der Waals surface area contributed by atoms with Crippen LogP contribution in [0, 0.1) is 5.92 Å². The molecule has 0 aliphatic heterocycles. The topological polar surface area (TPSA) is 109 Å². The largest absolute Gasteiger partial charge is 0.480 e. The van der Waals surface area contributed by atoms with E-state index in [4.69, 9.17) is 5.11 Å². The zero-order chi connectivity index (χ0) is 15.0. The highest BCUT2D eigenvalue weighted by molar-refractivity contribution is 5.82. The first kappa shape index (κ1) is 15.9. The summed E-state index contributed by atoms with van der Waals surface area (Å²) in [7, 11) is 0. The van der Waals surface area contributed by atoms with Crippen LogP contribution in [0.3, 0.4) is 0 Å². The van der Waals surface area contributed by atoms with Crippen molar-refractivity contribution in [1.82, 2.24) is 25.6 Å². The van der Waals surface area contributed by atoms with Crippen LogP contribution in [0.25, 0.3) is 0 Å². The standard InChI is InChI=1S/C12H21N5O3/c1-3-9(2)10(11(18)19)15-12(20)13-5-4-7-17-8-6-14-16-17/h6,8-10H,3-5,7H2,1-2H3,(H,18,19)(H2,13,15,20)/t9?,10-/m0/s1. The monoisotopic (exact) mass is 283 g/mol. The van der Waals surface area contributed by atoms with E-state index in [1.165, 1.54) is 0 Å². The lowest BCUT2D eigenvalue weighted by Crippen LogP contribution is -2.49. The number of carboxylic acids is 1. The Kier molecular flexibility index (Phi) is 6.48. The summed E-state index contributed by atoms with van der Waals surface area (Å²) in [5.74, 6) is -1.13. The molecule has 1 heterocycles. The summed E-state index contributed by atoms with van der Waals surface area (Å²) in [5, 5.41) is 21.6. The molecule has 1 unspecified atom stereocenters. The molecule has 8 nitrogen and oxygen atoms in total. The van der Waals surface area contributed by atoms with Gasteiger partial charge in [0, 0.05) is 19.3 Å². The van der Waals surface area contributed by atoms with Gasteiger partial charge in [0.15, 0.2) is 0 Å². The van der Waals surface area contributed by atoms with E-state index in [1.807, 2.05) is 6.92 Å². The maximum Gasteiger partial charge on any atom is 0.326 e. The molecular formula is C12H21N5O3. The maximum atomic E-state index is 11.6. The average Bonchev–Trinajstić information content (AvgIpc) is 2.93. The Balaban J connectivity index is 2.26. The van der Waals surface area contributed by atoms with Crippen molar-refractivity contribution >= 4 is 12.0 Å². The summed E-state index contributed by atoms with van der Waals surface area (Å²) < 4.78 is 1.67. The van der Waals surface area contributed by atoms with Crippen molar-refractivity contribution in [1.29, 1.82) is 0 Å². The number of urea groups is 1. The normalized spacial score (nSPS) is 13.5. The van der Waals surface area contributed by atoms with Crippen molar-refractivity contribution < 1.29 is 14.7 Å². The van der Waals surface area contributed by atoms with Crippen LogP contribution >= 0.6 is 0 Å². The fraction of sp³-hybridized carbons (Fsp3) is 0.667. The summed E-state index contributed by atoms with van der Waals surface area (Å²) in [6.07, 6.45) is 4.70. The van der Waals surface area contributed by atoms with Crippen LogP contribution in [-0.2, 0) is 11.3 Å². The summed E-state index contributed by atoms with van der Waals surface area (Å²) in [6, 6.07) is -1.33. The van der Waals surface area contributed by atoms with Gasteiger partial charge in [0.05, 0.1) is 6.20 Å². The van der Waals surface area contributed by atoms with Gasteiger partial charge in [-0.15, -0.1) is 5.10 Å². The van der Waals surface area contributed by atoms with Gasteiger partial charge >= 0.3 is 12.0 Å². The molecule has 8 heteroatoms. The van der Waals surface area contributed by atoms with Gasteiger partial charge in [-0.1, -0.05) is 25.5 Å². The number of nitrogens with zero attached hydrogens (tertiary/aromatic N) is 3. The molecule has 0 aliphatic carbocycles. The smallest absolute Gasteiger partial charge is 0.326 e. The molecule has 0 bridgehead atoms. The quantitative estimate of drug-likeness (QED) is 0.601. The van der Waals surface area contributed by atoms with Crippen molar-refractivity contribution in [2.75, 3.05) is 6.54 Å². The number of hydrogen-bond donors (Lipinski definition) is 3. The van der Waals surface area contributed by atoms with Crippen LogP contribution in [0.1, 0.15) is 26.7 Å². The Morgan fingerprint density at radius 1 is 1.45 bits per heavy atom. The van der Waals surface area contributed by atoms with E-state index >= 15 is 0 Å². The number of amides is 2. The fourth-order valence-electron chi connectivity index (χ4n) is 1.67. The Morgan fingerprint density at radius 3 is 2.75 bits per heavy atom. The van der Waals surface area contributed by atoms with Crippen LogP contribution in [0.2, 0.25) is 0 Å². The molecule has 0 aliphatic rings. The van der Waals surface area contributed by atoms with Crippen LogP contribution < -0.4 is 10.6 Å². The van der Waals surface area contributed by atoms with Gasteiger partial charge < -0.3 is 15.7 Å². The molecule has 112 valence electrons. The van der Waals surface area contributed by atoms with Gasteiger partial charge in [0.1, 0.15) is 6.04 Å². The molecule has 1 aromatic heterocycles. The molecule has 1 aromatic rings. The molecule has 2 atom stereocenters. The molecule has 20 heavy (non-hydrogen) atoms. The summed E-state index contributed by atoms with van der Waals surface area (Å²) in [4.78, 5) is 22.7. The highest BCUT2D eigenvalue weighted by Gasteiger charge is 2.24. The third kappa shape index (κ3) is 5.25. The molecule has 0 fully saturated rings. The van der Waals surface area contributed by atoms with E-state index in [2.05, 4.69) is 20.9 Å². The highest BCUT2D eigenvalue weighted by Crippen LogP contribution is 2.07. The van der Waals surface area contributed by atoms with E-state index < -0.39 is 18.0 Å². The second-order valence-corrected chi connectivity index (χ2v) is 4.62. The summed E-state index contributed by atoms with van der Waals surface area (Å²) in [6.45, 7) is 4.77. The van der Waals surface area contributed by atoms with Crippen molar-refractivity contribution in [3.05, 3.63) is 12.4 Å². The van der Waals surface area contributed by atoms with E-state index in [1.54, 1.807) is 24.0 Å². The molecule has 0 saturated carbocycles. The third-order valence-electron chi connectivity index (χ3n) is 3.09. The zero-order valence-electron chi connectivity index (χ0n) is 11.7. The minimum absolute atomic E-state index is 0.117. The van der Waals surface area contributed by atoms with Crippen molar-refractivity contribution in [3.8, 4) is 0 Å². The van der Waals surface area contributed by atoms with Gasteiger partial charge in [0.25, 0.3) is 0 Å². The van der Waals surface area contributed by atoms with Crippen molar-refractivity contribution in [2.24, 2.45) is 5.92 Å². The number of carbonyl (C=O) groups is 2. The van der Waals surface area contributed by atoms with Gasteiger partial charge in [-0.05, 0) is 12.3 Å². The van der Waals surface area contributed by atoms with E-state index in [9.17, 15) is 9.59 Å². The summed E-state index contributed by atoms with van der Waals surface area (Å²) >= 11 is 0. The molecule has 0 aromatic carbocycles. The zero-order valence-corrected chi connectivity index (χ0v) is 11.7. The third-order valence-corrected chi connectivity index (χ3v) is 3.09. The Morgan fingerprint density at radius 2 is 2.20 bits per heavy atom. The lowest BCUT2D eigenvalue weighted by molar-refractivity contribution is -0.140. The second-order valence-electron chi connectivity index (χ2n) is 4.62. The van der Waals surface area contributed by atoms with Crippen LogP contribution in [0.4, 0.5) is 4.79 Å². The number of aryl methyl sites for hydroxylation is 1. The predicted molar refractivity (Wildman–Crippen MR) is 72.1 cm³/mol. The molecule has 0 radical (unpaired) electrons. The van der Waals surface area contributed by atoms with Crippen LogP contribution in [0.15, 0.2) is 12.4 Å². The van der Waals surface area contributed by atoms with E-state index in [-0.39, 0.29) is 5.92 Å². The van der Waals surface area contributed by atoms with Crippen molar-refractivity contribution in [3.63, 3.8) is 0 Å². The number of nitrogens with one attached hydrogen (secondary N) is 2. The molecule has 1 rings (SSSR count). The Hall–Kier alpha value is -2.12. The van der Waals surface area contributed by atoms with Gasteiger partial charge in [-0.3, -0.25) is 4.68 Å². The number of aromatic nitrogens is 3. The predicted octanol–water partition coefficient (Wildman–Crippen LogP) is 0.467. The Bertz CT molecular complexity index is 421. The fourth-order valence-corrected chi connectivity index (χ4v) is 1.67. The highest BCUT2D eigenvalue weighted by atomic mass is 16.4. The first-order valence-electron chi connectivity index (χ1n) is 6.65. The maximum absolute atomic E-state index is 11.6. The molecule has 0 spiro atoms. The second kappa shape index (κ2) is 8.13. The van der Waals surface area contributed by atoms with Crippen molar-refractivity contribution in [2.45, 2.75) is 39.3 Å². The SMILES string of the molecule is CCC(C)[C@H](NC(=O)NCCCn1ccnn1)C(=O)O. The molecular weight excluding hydrogens is 262 g/mol. The molecule has 2 amide bonds. The van der Waals surface area contributed by atoms with Crippen LogP contribution in [0.5, 0.6) is 0 Å².